The molecule has 0 atom stereocenters. The summed E-state index contributed by atoms with van der Waals surface area (Å²) in [6, 6.07) is 9.12. The lowest BCUT2D eigenvalue weighted by Crippen LogP contribution is -2.69. The van der Waals surface area contributed by atoms with Gasteiger partial charge in [0.05, 0.1) is 5.69 Å². The minimum Gasteiger partial charge on any atom is -0.304 e. The molecule has 1 aromatic carbocycles. The van der Waals surface area contributed by atoms with E-state index in [-0.39, 0.29) is 17.7 Å². The van der Waals surface area contributed by atoms with Crippen LogP contribution in [0.4, 0.5) is 15.3 Å². The Morgan fingerprint density at radius 2 is 1.70 bits per heavy atom. The van der Waals surface area contributed by atoms with Crippen molar-refractivity contribution >= 4 is 17.7 Å². The molecule has 0 aliphatic carbocycles. The highest BCUT2D eigenvalue weighted by Gasteiger charge is 2.62. The molecular formula is C15H17N3O2. The molecule has 0 unspecified atom stereocenters. The van der Waals surface area contributed by atoms with Crippen LogP contribution in [0, 0.1) is 0 Å². The predicted molar refractivity (Wildman–Crippen MR) is 74.3 cm³/mol. The number of para-hydroxylation sites is 1. The van der Waals surface area contributed by atoms with Crippen LogP contribution in [-0.4, -0.2) is 40.6 Å². The largest absolute Gasteiger partial charge is 0.334 e. The van der Waals surface area contributed by atoms with Gasteiger partial charge in [-0.15, -0.1) is 0 Å². The molecule has 5 heteroatoms. The third-order valence-corrected chi connectivity index (χ3v) is 5.08. The number of hydrogen-bond acceptors (Lipinski definition) is 2. The summed E-state index contributed by atoms with van der Waals surface area (Å²) in [6.45, 7) is 0. The predicted octanol–water partition coefficient (Wildman–Crippen LogP) is 2.63. The Hall–Kier alpha value is -2.04. The van der Waals surface area contributed by atoms with Crippen molar-refractivity contribution in [2.75, 3.05) is 11.9 Å². The second kappa shape index (κ2) is 3.75. The highest BCUT2D eigenvalue weighted by atomic mass is 16.2. The molecule has 5 nitrogen and oxygen atoms in total. The fourth-order valence-electron chi connectivity index (χ4n) is 4.05. The van der Waals surface area contributed by atoms with Crippen LogP contribution in [-0.2, 0) is 0 Å². The van der Waals surface area contributed by atoms with Crippen molar-refractivity contribution in [2.24, 2.45) is 0 Å². The lowest BCUT2D eigenvalue weighted by molar-refractivity contribution is 0.0400. The van der Waals surface area contributed by atoms with Crippen molar-refractivity contribution in [3.8, 4) is 0 Å². The van der Waals surface area contributed by atoms with E-state index < -0.39 is 0 Å². The van der Waals surface area contributed by atoms with E-state index in [0.717, 1.165) is 25.7 Å². The summed E-state index contributed by atoms with van der Waals surface area (Å²) in [5.41, 5.74) is 0.292. The smallest absolute Gasteiger partial charge is 0.304 e. The molecule has 0 saturated carbocycles. The number of nitrogens with zero attached hydrogens (tertiary/aromatic N) is 3. The zero-order valence-electron chi connectivity index (χ0n) is 11.5. The second-order valence-corrected chi connectivity index (χ2v) is 5.88. The number of carbonyl (C=O) groups is 2. The van der Waals surface area contributed by atoms with E-state index in [0.29, 0.717) is 11.7 Å². The quantitative estimate of drug-likeness (QED) is 0.788. The number of imide groups is 1. The molecule has 0 aromatic heterocycles. The Labute approximate surface area is 117 Å². The summed E-state index contributed by atoms with van der Waals surface area (Å²) in [5, 5.41) is 0. The molecule has 4 amide bonds. The molecule has 104 valence electrons. The molecule has 0 N–H and O–H groups in total. The van der Waals surface area contributed by atoms with Crippen molar-refractivity contribution in [1.29, 1.82) is 0 Å². The topological polar surface area (TPSA) is 43.9 Å². The fourth-order valence-corrected chi connectivity index (χ4v) is 4.05. The first-order valence-corrected chi connectivity index (χ1v) is 7.11. The molecule has 3 saturated heterocycles. The molecule has 0 radical (unpaired) electrons. The van der Waals surface area contributed by atoms with E-state index >= 15 is 0 Å². The Kier molecular flexibility index (Phi) is 2.20. The standard InChI is InChI=1S/C15H17N3O2/c1-16-13(19)17(11-5-3-2-4-6-11)14(20)18-12-7-9-15(16,18)10-8-12/h2-6,12H,7-10H2,1H3. The van der Waals surface area contributed by atoms with Gasteiger partial charge in [-0.05, 0) is 37.8 Å². The van der Waals surface area contributed by atoms with Crippen LogP contribution in [0.5, 0.6) is 0 Å². The number of rotatable bonds is 1. The Morgan fingerprint density at radius 3 is 2.35 bits per heavy atom. The molecule has 1 aromatic rings. The van der Waals surface area contributed by atoms with E-state index in [1.165, 1.54) is 4.90 Å². The van der Waals surface area contributed by atoms with Crippen molar-refractivity contribution < 1.29 is 9.59 Å². The monoisotopic (exact) mass is 271 g/mol. The van der Waals surface area contributed by atoms with E-state index in [1.54, 1.807) is 17.0 Å². The number of amides is 4. The summed E-state index contributed by atoms with van der Waals surface area (Å²) in [4.78, 5) is 30.5. The number of urea groups is 2. The number of hydrogen-bond donors (Lipinski definition) is 0. The van der Waals surface area contributed by atoms with Gasteiger partial charge in [-0.25, -0.2) is 14.5 Å². The fraction of sp³-hybridized carbons (Fsp3) is 0.467. The SMILES string of the molecule is CN1C(=O)N(c2ccccc2)C(=O)N2C3CCC12CC3. The number of carbonyl (C=O) groups excluding carboxylic acids is 2. The maximum absolute atomic E-state index is 12.8. The van der Waals surface area contributed by atoms with Gasteiger partial charge in [0.2, 0.25) is 0 Å². The van der Waals surface area contributed by atoms with Crippen molar-refractivity contribution in [3.63, 3.8) is 0 Å². The highest BCUT2D eigenvalue weighted by Crippen LogP contribution is 2.51. The van der Waals surface area contributed by atoms with Gasteiger partial charge in [0.1, 0.15) is 5.66 Å². The molecule has 4 rings (SSSR count). The third kappa shape index (κ3) is 1.23. The first kappa shape index (κ1) is 11.8. The third-order valence-electron chi connectivity index (χ3n) is 5.08. The van der Waals surface area contributed by atoms with E-state index in [1.807, 2.05) is 30.1 Å². The van der Waals surface area contributed by atoms with Crippen molar-refractivity contribution in [2.45, 2.75) is 37.4 Å². The first-order valence-electron chi connectivity index (χ1n) is 7.11. The molecule has 20 heavy (non-hydrogen) atoms. The van der Waals surface area contributed by atoms with Gasteiger partial charge in [-0.3, -0.25) is 4.90 Å². The second-order valence-electron chi connectivity index (χ2n) is 5.88. The minimum atomic E-state index is -0.357. The van der Waals surface area contributed by atoms with E-state index in [9.17, 15) is 9.59 Å². The highest BCUT2D eigenvalue weighted by molar-refractivity contribution is 6.15. The van der Waals surface area contributed by atoms with Gasteiger partial charge in [-0.2, -0.15) is 0 Å². The summed E-state index contributed by atoms with van der Waals surface area (Å²) < 4.78 is 0. The van der Waals surface area contributed by atoms with E-state index in [4.69, 9.17) is 0 Å². The molecule has 2 bridgehead atoms. The molecule has 3 fully saturated rings. The minimum absolute atomic E-state index is 0.153. The van der Waals surface area contributed by atoms with Gasteiger partial charge in [0.25, 0.3) is 0 Å². The van der Waals surface area contributed by atoms with Gasteiger partial charge in [0.15, 0.2) is 0 Å². The van der Waals surface area contributed by atoms with Gasteiger partial charge in [0, 0.05) is 13.1 Å². The lowest BCUT2D eigenvalue weighted by Gasteiger charge is -2.49. The summed E-state index contributed by atoms with van der Waals surface area (Å²) >= 11 is 0. The van der Waals surface area contributed by atoms with Crippen LogP contribution >= 0.6 is 0 Å². The van der Waals surface area contributed by atoms with E-state index in [2.05, 4.69) is 0 Å². The van der Waals surface area contributed by atoms with Gasteiger partial charge < -0.3 is 4.90 Å². The summed E-state index contributed by atoms with van der Waals surface area (Å²) in [7, 11) is 1.82. The molecule has 3 aliphatic heterocycles. The first-order chi connectivity index (χ1) is 9.65. The molecule has 3 heterocycles. The summed E-state index contributed by atoms with van der Waals surface area (Å²) in [5.74, 6) is 0. The Morgan fingerprint density at radius 1 is 1.05 bits per heavy atom. The van der Waals surface area contributed by atoms with Crippen molar-refractivity contribution in [3.05, 3.63) is 30.3 Å². The van der Waals surface area contributed by atoms with Gasteiger partial charge >= 0.3 is 12.1 Å². The zero-order valence-corrected chi connectivity index (χ0v) is 11.5. The Bertz CT molecular complexity index is 578. The number of anilines is 1. The Balaban J connectivity index is 1.81. The zero-order chi connectivity index (χ0) is 13.9. The van der Waals surface area contributed by atoms with Gasteiger partial charge in [-0.1, -0.05) is 18.2 Å². The lowest BCUT2D eigenvalue weighted by atomic mass is 9.94. The maximum Gasteiger partial charge on any atom is 0.334 e. The van der Waals surface area contributed by atoms with Crippen molar-refractivity contribution in [1.82, 2.24) is 9.80 Å². The van der Waals surface area contributed by atoms with Crippen LogP contribution in [0.25, 0.3) is 0 Å². The normalized spacial score (nSPS) is 32.0. The van der Waals surface area contributed by atoms with Crippen LogP contribution < -0.4 is 4.90 Å². The average molecular weight is 271 g/mol. The van der Waals surface area contributed by atoms with Crippen LogP contribution in [0.15, 0.2) is 30.3 Å². The molecule has 3 aliphatic rings. The van der Waals surface area contributed by atoms with Crippen LogP contribution in [0.2, 0.25) is 0 Å². The molecular weight excluding hydrogens is 254 g/mol. The number of benzene rings is 1. The molecule has 0 spiro atoms. The average Bonchev–Trinajstić information content (AvgIpc) is 3.03. The van der Waals surface area contributed by atoms with Crippen LogP contribution in [0.1, 0.15) is 25.7 Å². The maximum atomic E-state index is 12.8. The van der Waals surface area contributed by atoms with Crippen LogP contribution in [0.3, 0.4) is 0 Å². The summed E-state index contributed by atoms with van der Waals surface area (Å²) in [6.07, 6.45) is 3.83.